The van der Waals surface area contributed by atoms with E-state index in [1.54, 1.807) is 0 Å². The van der Waals surface area contributed by atoms with Crippen LogP contribution in [0.3, 0.4) is 0 Å². The summed E-state index contributed by atoms with van der Waals surface area (Å²) in [7, 11) is 2.49. The zero-order valence-corrected chi connectivity index (χ0v) is 9.43. The highest BCUT2D eigenvalue weighted by Crippen LogP contribution is 1.85. The standard InChI is InChI=1S/C5H12N.C2H6O4S/c1-4-5-6(2)3;1-5-7(3,4)6-2/h1,4-5H2,2-3H3;1-2H3. The van der Waals surface area contributed by atoms with Gasteiger partial charge in [-0.1, -0.05) is 6.92 Å². The van der Waals surface area contributed by atoms with Gasteiger partial charge in [0, 0.05) is 0 Å². The Labute approximate surface area is 81.0 Å². The van der Waals surface area contributed by atoms with E-state index in [0.29, 0.717) is 0 Å². The maximum Gasteiger partial charge on any atom is 0.399 e. The predicted octanol–water partition coefficient (Wildman–Crippen LogP) is 0.296. The first-order chi connectivity index (χ1) is 5.89. The Kier molecular flexibility index (Phi) is 9.93. The van der Waals surface area contributed by atoms with Crippen LogP contribution in [0.1, 0.15) is 6.42 Å². The molecule has 0 unspecified atom stereocenters. The molecule has 0 spiro atoms. The summed E-state index contributed by atoms with van der Waals surface area (Å²) >= 11 is 0. The maximum atomic E-state index is 9.92. The molecule has 0 bridgehead atoms. The summed E-state index contributed by atoms with van der Waals surface area (Å²) in [6.45, 7) is 4.78. The number of hydrogen-bond acceptors (Lipinski definition) is 5. The van der Waals surface area contributed by atoms with E-state index in [9.17, 15) is 8.42 Å². The molecule has 0 saturated heterocycles. The minimum Gasteiger partial charge on any atom is -0.309 e. The quantitative estimate of drug-likeness (QED) is 0.670. The fourth-order valence-electron chi connectivity index (χ4n) is 0.384. The molecule has 13 heavy (non-hydrogen) atoms. The van der Waals surface area contributed by atoms with Crippen molar-refractivity contribution in [2.45, 2.75) is 6.42 Å². The zero-order chi connectivity index (χ0) is 10.9. The molecule has 0 N–H and O–H groups in total. The molecule has 0 aliphatic heterocycles. The van der Waals surface area contributed by atoms with Gasteiger partial charge in [0.1, 0.15) is 0 Å². The molecule has 0 aromatic rings. The van der Waals surface area contributed by atoms with Gasteiger partial charge in [0.2, 0.25) is 0 Å². The van der Waals surface area contributed by atoms with Crippen LogP contribution in [0.5, 0.6) is 0 Å². The second-order valence-electron chi connectivity index (χ2n) is 2.40. The lowest BCUT2D eigenvalue weighted by Gasteiger charge is -2.03. The topological polar surface area (TPSA) is 55.8 Å². The molecule has 0 aliphatic rings. The smallest absolute Gasteiger partial charge is 0.309 e. The van der Waals surface area contributed by atoms with Crippen LogP contribution in [-0.2, 0) is 18.8 Å². The first-order valence-corrected chi connectivity index (χ1v) is 5.03. The molecule has 0 rings (SSSR count). The Hall–Kier alpha value is -0.170. The normalized spacial score (nSPS) is 10.9. The van der Waals surface area contributed by atoms with Crippen LogP contribution >= 0.6 is 0 Å². The van der Waals surface area contributed by atoms with Gasteiger partial charge in [0.05, 0.1) is 14.2 Å². The van der Waals surface area contributed by atoms with Crippen LogP contribution in [0, 0.1) is 6.92 Å². The zero-order valence-electron chi connectivity index (χ0n) is 8.61. The minimum absolute atomic E-state index is 1.01. The molecule has 0 amide bonds. The summed E-state index contributed by atoms with van der Waals surface area (Å²) in [6, 6.07) is 0. The number of nitrogens with zero attached hydrogens (tertiary/aromatic N) is 1. The van der Waals surface area contributed by atoms with Crippen molar-refractivity contribution in [1.29, 1.82) is 0 Å². The highest BCUT2D eigenvalue weighted by molar-refractivity contribution is 7.81. The molecule has 81 valence electrons. The molecular weight excluding hydrogens is 194 g/mol. The van der Waals surface area contributed by atoms with Gasteiger partial charge in [-0.2, -0.15) is 8.42 Å². The first kappa shape index (κ1) is 15.3. The van der Waals surface area contributed by atoms with Crippen molar-refractivity contribution >= 4 is 10.4 Å². The Morgan fingerprint density at radius 1 is 1.23 bits per heavy atom. The summed E-state index contributed by atoms with van der Waals surface area (Å²) in [5.74, 6) is 0. The maximum absolute atomic E-state index is 9.92. The molecular formula is C7H18NO4S. The lowest BCUT2D eigenvalue weighted by molar-refractivity contribution is 0.286. The predicted molar refractivity (Wildman–Crippen MR) is 51.5 cm³/mol. The van der Waals surface area contributed by atoms with Gasteiger partial charge in [0.25, 0.3) is 0 Å². The Balaban J connectivity index is 0. The molecule has 0 aromatic carbocycles. The average molecular weight is 212 g/mol. The largest absolute Gasteiger partial charge is 0.399 e. The van der Waals surface area contributed by atoms with Gasteiger partial charge in [-0.05, 0) is 27.1 Å². The summed E-state index contributed by atoms with van der Waals surface area (Å²) in [5, 5.41) is 0. The van der Waals surface area contributed by atoms with Crippen molar-refractivity contribution in [3.8, 4) is 0 Å². The highest BCUT2D eigenvalue weighted by Gasteiger charge is 2.01. The lowest BCUT2D eigenvalue weighted by Crippen LogP contribution is -2.11. The van der Waals surface area contributed by atoms with Gasteiger partial charge in [0.15, 0.2) is 0 Å². The van der Waals surface area contributed by atoms with E-state index >= 15 is 0 Å². The Morgan fingerprint density at radius 2 is 1.62 bits per heavy atom. The third-order valence-electron chi connectivity index (χ3n) is 1.01. The molecule has 6 heteroatoms. The molecule has 0 fully saturated rings. The van der Waals surface area contributed by atoms with Crippen LogP contribution in [0.25, 0.3) is 0 Å². The van der Waals surface area contributed by atoms with Crippen molar-refractivity contribution in [3.63, 3.8) is 0 Å². The Bertz CT molecular complexity index is 179. The molecule has 1 radical (unpaired) electrons. The summed E-state index contributed by atoms with van der Waals surface area (Å²) in [4.78, 5) is 2.12. The fourth-order valence-corrected chi connectivity index (χ4v) is 0.520. The number of rotatable bonds is 4. The SMILES string of the molecule is COS(=O)(=O)OC.[CH2]CCN(C)C. The van der Waals surface area contributed by atoms with Gasteiger partial charge >= 0.3 is 10.4 Å². The van der Waals surface area contributed by atoms with Gasteiger partial charge in [-0.25, -0.2) is 0 Å². The van der Waals surface area contributed by atoms with Gasteiger partial charge in [-0.15, -0.1) is 0 Å². The van der Waals surface area contributed by atoms with Crippen LogP contribution < -0.4 is 0 Å². The third kappa shape index (κ3) is 14.7. The monoisotopic (exact) mass is 212 g/mol. The van der Waals surface area contributed by atoms with Crippen molar-refractivity contribution in [3.05, 3.63) is 6.92 Å². The fraction of sp³-hybridized carbons (Fsp3) is 0.857. The molecule has 0 atom stereocenters. The van der Waals surface area contributed by atoms with E-state index in [1.807, 2.05) is 14.1 Å². The Morgan fingerprint density at radius 3 is 1.62 bits per heavy atom. The minimum atomic E-state index is -3.66. The average Bonchev–Trinajstić information content (AvgIpc) is 2.05. The summed E-state index contributed by atoms with van der Waals surface area (Å²) in [6.07, 6.45) is 1.01. The summed E-state index contributed by atoms with van der Waals surface area (Å²) < 4.78 is 27.5. The molecule has 5 nitrogen and oxygen atoms in total. The van der Waals surface area contributed by atoms with Gasteiger partial charge in [-0.3, -0.25) is 8.37 Å². The second-order valence-corrected chi connectivity index (χ2v) is 3.88. The van der Waals surface area contributed by atoms with E-state index in [-0.39, 0.29) is 0 Å². The van der Waals surface area contributed by atoms with E-state index < -0.39 is 10.4 Å². The van der Waals surface area contributed by atoms with Crippen LogP contribution in [-0.4, -0.2) is 48.2 Å². The highest BCUT2D eigenvalue weighted by atomic mass is 32.3. The first-order valence-electron chi connectivity index (χ1n) is 3.69. The molecule has 0 heterocycles. The number of hydrogen-bond donors (Lipinski definition) is 0. The lowest BCUT2D eigenvalue weighted by atomic mass is 10.5. The molecule has 0 saturated carbocycles. The van der Waals surface area contributed by atoms with Crippen LogP contribution in [0.2, 0.25) is 0 Å². The van der Waals surface area contributed by atoms with Crippen LogP contribution in [0.4, 0.5) is 0 Å². The van der Waals surface area contributed by atoms with E-state index in [4.69, 9.17) is 0 Å². The third-order valence-corrected chi connectivity index (χ3v) is 1.83. The van der Waals surface area contributed by atoms with Crippen molar-refractivity contribution in [1.82, 2.24) is 4.90 Å². The van der Waals surface area contributed by atoms with Gasteiger partial charge < -0.3 is 4.90 Å². The van der Waals surface area contributed by atoms with Crippen LogP contribution in [0.15, 0.2) is 0 Å². The molecule has 0 aliphatic carbocycles. The van der Waals surface area contributed by atoms with E-state index in [2.05, 4.69) is 20.2 Å². The summed E-state index contributed by atoms with van der Waals surface area (Å²) in [5.41, 5.74) is 0. The van der Waals surface area contributed by atoms with Crippen molar-refractivity contribution in [2.75, 3.05) is 34.9 Å². The second kappa shape index (κ2) is 8.43. The molecule has 0 aromatic heterocycles. The van der Waals surface area contributed by atoms with E-state index in [1.165, 1.54) is 0 Å². The van der Waals surface area contributed by atoms with E-state index in [0.717, 1.165) is 27.2 Å². The van der Waals surface area contributed by atoms with Crippen molar-refractivity contribution < 1.29 is 16.8 Å². The van der Waals surface area contributed by atoms with Crippen molar-refractivity contribution in [2.24, 2.45) is 0 Å².